The summed E-state index contributed by atoms with van der Waals surface area (Å²) in [6, 6.07) is 12.9. The maximum atomic E-state index is 13.1. The van der Waals surface area contributed by atoms with Crippen LogP contribution in [0.1, 0.15) is 11.5 Å². The Hall–Kier alpha value is -2.27. The van der Waals surface area contributed by atoms with Crippen LogP contribution in [0.4, 0.5) is 0 Å². The number of hydrogen-bond donors (Lipinski definition) is 1. The van der Waals surface area contributed by atoms with E-state index in [2.05, 4.69) is 0 Å². The lowest BCUT2D eigenvalue weighted by Crippen LogP contribution is -2.18. The fourth-order valence-electron chi connectivity index (χ4n) is 3.57. The topological polar surface area (TPSA) is 96.6 Å². The van der Waals surface area contributed by atoms with Crippen molar-refractivity contribution in [2.24, 2.45) is 5.41 Å². The van der Waals surface area contributed by atoms with E-state index < -0.39 is 33.0 Å². The minimum atomic E-state index is -3.84. The van der Waals surface area contributed by atoms with Gasteiger partial charge in [-0.3, -0.25) is 0 Å². The number of ether oxygens (including phenoxy) is 2. The van der Waals surface area contributed by atoms with Crippen LogP contribution >= 0.6 is 11.6 Å². The van der Waals surface area contributed by atoms with Crippen LogP contribution in [0.2, 0.25) is 5.02 Å². The van der Waals surface area contributed by atoms with Gasteiger partial charge in [0, 0.05) is 10.9 Å². The van der Waals surface area contributed by atoms with Gasteiger partial charge in [0.05, 0.1) is 22.8 Å². The van der Waals surface area contributed by atoms with E-state index in [1.165, 1.54) is 24.3 Å². The van der Waals surface area contributed by atoms with Crippen molar-refractivity contribution in [1.82, 2.24) is 0 Å². The summed E-state index contributed by atoms with van der Waals surface area (Å²) in [6.07, 6.45) is 0. The Bertz CT molecular complexity index is 1010. The molecule has 1 aliphatic heterocycles. The first-order valence-corrected chi connectivity index (χ1v) is 9.77. The van der Waals surface area contributed by atoms with Crippen molar-refractivity contribution >= 4 is 21.4 Å². The predicted octanol–water partition coefficient (Wildman–Crippen LogP) is 2.51. The lowest BCUT2D eigenvalue weighted by molar-refractivity contribution is 0.174. The highest BCUT2D eigenvalue weighted by atomic mass is 35.5. The number of benzene rings is 2. The second-order valence-electron chi connectivity index (χ2n) is 6.32. The van der Waals surface area contributed by atoms with Gasteiger partial charge in [0.1, 0.15) is 5.41 Å². The van der Waals surface area contributed by atoms with Crippen LogP contribution in [-0.2, 0) is 9.84 Å². The smallest absolute Gasteiger partial charge is 0.231 e. The zero-order chi connectivity index (χ0) is 18.5. The quantitative estimate of drug-likeness (QED) is 0.860. The first-order chi connectivity index (χ1) is 12.4. The molecule has 0 bridgehead atoms. The molecule has 1 aliphatic carbocycles. The molecule has 8 heteroatoms. The average molecular weight is 392 g/mol. The van der Waals surface area contributed by atoms with Crippen LogP contribution in [0, 0.1) is 16.7 Å². The molecule has 2 aromatic rings. The van der Waals surface area contributed by atoms with E-state index in [9.17, 15) is 18.8 Å². The Kier molecular flexibility index (Phi) is 3.88. The summed E-state index contributed by atoms with van der Waals surface area (Å²) in [6.45, 7) is -0.459. The maximum Gasteiger partial charge on any atom is 0.231 e. The Labute approximate surface area is 155 Å². The number of halogens is 1. The molecule has 3 unspecified atom stereocenters. The zero-order valence-corrected chi connectivity index (χ0v) is 15.0. The Morgan fingerprint density at radius 1 is 1.19 bits per heavy atom. The summed E-state index contributed by atoms with van der Waals surface area (Å²) in [5.41, 5.74) is -0.779. The molecule has 26 heavy (non-hydrogen) atoms. The summed E-state index contributed by atoms with van der Waals surface area (Å²) in [4.78, 5) is 0.0724. The van der Waals surface area contributed by atoms with E-state index in [4.69, 9.17) is 21.1 Å². The third kappa shape index (κ3) is 2.37. The third-order valence-corrected chi connectivity index (χ3v) is 7.50. The van der Waals surface area contributed by atoms with Crippen molar-refractivity contribution in [1.29, 1.82) is 5.26 Å². The molecule has 1 heterocycles. The fraction of sp³-hybridized carbons (Fsp3) is 0.278. The first kappa shape index (κ1) is 17.2. The number of nitrogens with zero attached hydrogens (tertiary/aromatic N) is 1. The van der Waals surface area contributed by atoms with Gasteiger partial charge in [-0.1, -0.05) is 17.7 Å². The molecule has 0 saturated heterocycles. The van der Waals surface area contributed by atoms with Crippen molar-refractivity contribution in [2.45, 2.75) is 16.1 Å². The van der Waals surface area contributed by atoms with Gasteiger partial charge in [0.15, 0.2) is 21.3 Å². The molecule has 6 nitrogen and oxygen atoms in total. The van der Waals surface area contributed by atoms with Crippen LogP contribution in [0.5, 0.6) is 11.5 Å². The average Bonchev–Trinajstić information content (AvgIpc) is 3.12. The first-order valence-electron chi connectivity index (χ1n) is 7.85. The Morgan fingerprint density at radius 2 is 1.88 bits per heavy atom. The summed E-state index contributed by atoms with van der Waals surface area (Å²) in [7, 11) is -3.84. The second kappa shape index (κ2) is 5.88. The molecule has 1 fully saturated rings. The van der Waals surface area contributed by atoms with Gasteiger partial charge in [0.2, 0.25) is 6.79 Å². The molecule has 2 aromatic carbocycles. The van der Waals surface area contributed by atoms with E-state index in [0.29, 0.717) is 22.1 Å². The second-order valence-corrected chi connectivity index (χ2v) is 8.83. The minimum Gasteiger partial charge on any atom is -0.454 e. The van der Waals surface area contributed by atoms with E-state index in [1.54, 1.807) is 18.2 Å². The van der Waals surface area contributed by atoms with Gasteiger partial charge in [-0.15, -0.1) is 0 Å². The monoisotopic (exact) mass is 391 g/mol. The standard InChI is InChI=1S/C18H14ClNO5S/c19-12-2-4-13(5-3-12)26(22,23)17-16(18(17,8-20)9-21)11-1-6-14-15(7-11)25-10-24-14/h1-7,16-17,21H,9-10H2. The Morgan fingerprint density at radius 3 is 2.54 bits per heavy atom. The number of fused-ring (bicyclic) bond motifs is 1. The number of hydrogen-bond acceptors (Lipinski definition) is 6. The van der Waals surface area contributed by atoms with Crippen molar-refractivity contribution < 1.29 is 23.0 Å². The van der Waals surface area contributed by atoms with E-state index in [1.807, 2.05) is 6.07 Å². The van der Waals surface area contributed by atoms with Gasteiger partial charge in [-0.05, 0) is 42.0 Å². The van der Waals surface area contributed by atoms with Crippen LogP contribution in [0.25, 0.3) is 0 Å². The molecule has 2 aliphatic rings. The van der Waals surface area contributed by atoms with Crippen molar-refractivity contribution in [3.8, 4) is 17.6 Å². The number of nitriles is 1. The highest BCUT2D eigenvalue weighted by Gasteiger charge is 2.72. The SMILES string of the molecule is N#CC1(CO)C(c2ccc3c(c2)OCO3)C1S(=O)(=O)c1ccc(Cl)cc1. The summed E-state index contributed by atoms with van der Waals surface area (Å²) >= 11 is 5.83. The van der Waals surface area contributed by atoms with Crippen LogP contribution in [0.15, 0.2) is 47.4 Å². The van der Waals surface area contributed by atoms with Crippen LogP contribution in [0.3, 0.4) is 0 Å². The van der Waals surface area contributed by atoms with E-state index >= 15 is 0 Å². The minimum absolute atomic E-state index is 0.0724. The van der Waals surface area contributed by atoms with Crippen LogP contribution in [-0.4, -0.2) is 32.2 Å². The molecule has 0 amide bonds. The fourth-order valence-corrected chi connectivity index (χ4v) is 6.01. The summed E-state index contributed by atoms with van der Waals surface area (Å²) in [5, 5.41) is 18.9. The third-order valence-electron chi connectivity index (χ3n) is 4.96. The number of aliphatic hydroxyl groups is 1. The van der Waals surface area contributed by atoms with Gasteiger partial charge in [-0.25, -0.2) is 8.42 Å². The molecule has 4 rings (SSSR count). The Balaban J connectivity index is 1.77. The molecule has 134 valence electrons. The van der Waals surface area contributed by atoms with E-state index in [0.717, 1.165) is 0 Å². The maximum absolute atomic E-state index is 13.1. The number of sulfone groups is 1. The summed E-state index contributed by atoms with van der Waals surface area (Å²) < 4.78 is 36.8. The molecule has 0 radical (unpaired) electrons. The van der Waals surface area contributed by atoms with Crippen molar-refractivity contribution in [3.05, 3.63) is 53.1 Å². The highest BCUT2D eigenvalue weighted by molar-refractivity contribution is 7.92. The van der Waals surface area contributed by atoms with Gasteiger partial charge < -0.3 is 14.6 Å². The van der Waals surface area contributed by atoms with Gasteiger partial charge >= 0.3 is 0 Å². The molecule has 1 saturated carbocycles. The van der Waals surface area contributed by atoms with Crippen molar-refractivity contribution in [2.75, 3.05) is 13.4 Å². The molecule has 3 atom stereocenters. The van der Waals surface area contributed by atoms with Gasteiger partial charge in [0.25, 0.3) is 0 Å². The lowest BCUT2D eigenvalue weighted by Gasteiger charge is -2.06. The summed E-state index contributed by atoms with van der Waals surface area (Å²) in [5.74, 6) is 0.410. The molecular formula is C18H14ClNO5S. The van der Waals surface area contributed by atoms with E-state index in [-0.39, 0.29) is 11.7 Å². The normalized spacial score (nSPS) is 26.3. The lowest BCUT2D eigenvalue weighted by atomic mass is 10.0. The number of aliphatic hydroxyl groups excluding tert-OH is 1. The van der Waals surface area contributed by atoms with Crippen molar-refractivity contribution in [3.63, 3.8) is 0 Å². The highest BCUT2D eigenvalue weighted by Crippen LogP contribution is 2.64. The van der Waals surface area contributed by atoms with Gasteiger partial charge in [-0.2, -0.15) is 5.26 Å². The zero-order valence-electron chi connectivity index (χ0n) is 13.4. The molecule has 1 N–H and O–H groups in total. The number of rotatable bonds is 4. The molecular weight excluding hydrogens is 378 g/mol. The predicted molar refractivity (Wildman–Crippen MR) is 92.9 cm³/mol. The molecule has 0 aromatic heterocycles. The molecule has 0 spiro atoms. The van der Waals surface area contributed by atoms with Crippen LogP contribution < -0.4 is 9.47 Å². The largest absolute Gasteiger partial charge is 0.454 e.